The maximum Gasteiger partial charge on any atom is 0.327 e. The van der Waals surface area contributed by atoms with Gasteiger partial charge in [0.05, 0.1) is 12.1 Å². The second kappa shape index (κ2) is 7.07. The van der Waals surface area contributed by atoms with Gasteiger partial charge in [0, 0.05) is 27.0 Å². The summed E-state index contributed by atoms with van der Waals surface area (Å²) in [7, 11) is 0. The van der Waals surface area contributed by atoms with Crippen LogP contribution < -0.4 is 10.6 Å². The number of hydrogen-bond donors (Lipinski definition) is 3. The number of nitrogens with one attached hydrogen (secondary N) is 2. The average Bonchev–Trinajstić information content (AvgIpc) is 2.92. The van der Waals surface area contributed by atoms with E-state index < -0.39 is 22.8 Å². The highest BCUT2D eigenvalue weighted by Crippen LogP contribution is 2.50. The molecule has 3 atom stereocenters. The number of thioether (sulfide) groups is 1. The van der Waals surface area contributed by atoms with Crippen LogP contribution in [0.4, 0.5) is 5.69 Å². The number of aromatic nitrogens is 1. The van der Waals surface area contributed by atoms with Crippen LogP contribution in [0.2, 0.25) is 5.02 Å². The van der Waals surface area contributed by atoms with Crippen molar-refractivity contribution < 1.29 is 19.5 Å². The van der Waals surface area contributed by atoms with Gasteiger partial charge >= 0.3 is 5.97 Å². The van der Waals surface area contributed by atoms with Crippen molar-refractivity contribution in [3.05, 3.63) is 35.5 Å². The Kier molecular flexibility index (Phi) is 4.82. The zero-order valence-electron chi connectivity index (χ0n) is 15.7. The van der Waals surface area contributed by atoms with Crippen LogP contribution in [0.15, 0.2) is 30.5 Å². The van der Waals surface area contributed by atoms with Gasteiger partial charge in [-0.15, -0.1) is 11.8 Å². The molecule has 2 aliphatic heterocycles. The lowest BCUT2D eigenvalue weighted by molar-refractivity contribution is -0.161. The van der Waals surface area contributed by atoms with E-state index in [0.29, 0.717) is 10.5 Å². The minimum Gasteiger partial charge on any atom is -0.480 e. The van der Waals surface area contributed by atoms with E-state index in [2.05, 4.69) is 15.6 Å². The standard InChI is InChI=1S/C19H19ClN4O4S/c1-19(2)15(18(27)28)24-16(26)14(17(24)29-19)23-13(25)8-22-11-5-6-21-12-7-9(20)3-4-10(11)12/h3-7,14-15,17H,8H2,1-2H3,(H,21,22)(H,23,25)(H,27,28)/t14-,15+,17-/m1/s1. The van der Waals surface area contributed by atoms with Crippen LogP contribution in [0.5, 0.6) is 0 Å². The normalized spacial score (nSPS) is 24.7. The van der Waals surface area contributed by atoms with Crippen molar-refractivity contribution >= 4 is 57.7 Å². The van der Waals surface area contributed by atoms with E-state index in [4.69, 9.17) is 11.6 Å². The highest BCUT2D eigenvalue weighted by atomic mass is 35.5. The van der Waals surface area contributed by atoms with Crippen molar-refractivity contribution in [2.45, 2.75) is 36.1 Å². The predicted molar refractivity (Wildman–Crippen MR) is 111 cm³/mol. The number of pyridine rings is 1. The number of hydrogen-bond acceptors (Lipinski definition) is 6. The van der Waals surface area contributed by atoms with Crippen LogP contribution >= 0.6 is 23.4 Å². The summed E-state index contributed by atoms with van der Waals surface area (Å²) >= 11 is 7.38. The molecule has 29 heavy (non-hydrogen) atoms. The van der Waals surface area contributed by atoms with Gasteiger partial charge in [-0.25, -0.2) is 4.79 Å². The number of aliphatic carboxylic acids is 1. The maximum absolute atomic E-state index is 12.5. The van der Waals surface area contributed by atoms with E-state index in [0.717, 1.165) is 11.1 Å². The van der Waals surface area contributed by atoms with E-state index >= 15 is 0 Å². The van der Waals surface area contributed by atoms with E-state index in [9.17, 15) is 19.5 Å². The average molecular weight is 435 g/mol. The third-order valence-corrected chi connectivity index (χ3v) is 6.94. The number of rotatable bonds is 5. The number of carboxylic acids is 1. The lowest BCUT2D eigenvalue weighted by Crippen LogP contribution is -2.70. The number of amides is 2. The monoisotopic (exact) mass is 434 g/mol. The van der Waals surface area contributed by atoms with Gasteiger partial charge in [-0.3, -0.25) is 14.6 Å². The summed E-state index contributed by atoms with van der Waals surface area (Å²) in [5.41, 5.74) is 1.43. The van der Waals surface area contributed by atoms with Crippen molar-refractivity contribution in [2.75, 3.05) is 11.9 Å². The second-order valence-corrected chi connectivity index (χ2v) is 9.72. The Bertz CT molecular complexity index is 1030. The van der Waals surface area contributed by atoms with Crippen LogP contribution in [0, 0.1) is 0 Å². The van der Waals surface area contributed by atoms with Crippen LogP contribution in [0.25, 0.3) is 10.9 Å². The van der Waals surface area contributed by atoms with Gasteiger partial charge in [-0.2, -0.15) is 0 Å². The molecule has 2 fully saturated rings. The highest BCUT2D eigenvalue weighted by molar-refractivity contribution is 8.01. The third kappa shape index (κ3) is 3.38. The SMILES string of the molecule is CC1(C)S[C@@H]2[C@H](NC(=O)CNc3ccnc4cc(Cl)ccc34)C(=O)N2[C@H]1C(=O)O. The van der Waals surface area contributed by atoms with E-state index in [1.54, 1.807) is 38.2 Å². The molecule has 152 valence electrons. The summed E-state index contributed by atoms with van der Waals surface area (Å²) in [5.74, 6) is -1.74. The van der Waals surface area contributed by atoms with Crippen molar-refractivity contribution in [2.24, 2.45) is 0 Å². The number of nitrogens with zero attached hydrogens (tertiary/aromatic N) is 2. The first-order valence-corrected chi connectivity index (χ1v) is 10.2. The summed E-state index contributed by atoms with van der Waals surface area (Å²) in [6.07, 6.45) is 1.62. The number of β-lactam (4-membered cyclic amide) rings is 1. The molecule has 1 aromatic carbocycles. The Morgan fingerprint density at radius 1 is 1.34 bits per heavy atom. The molecule has 3 heterocycles. The van der Waals surface area contributed by atoms with E-state index in [1.165, 1.54) is 16.7 Å². The highest BCUT2D eigenvalue weighted by Gasteiger charge is 2.64. The van der Waals surface area contributed by atoms with Gasteiger partial charge in [-0.1, -0.05) is 11.6 Å². The smallest absolute Gasteiger partial charge is 0.327 e. The fraction of sp³-hybridized carbons (Fsp3) is 0.368. The van der Waals surface area contributed by atoms with Gasteiger partial charge in [0.1, 0.15) is 17.5 Å². The predicted octanol–water partition coefficient (Wildman–Crippen LogP) is 1.93. The molecule has 0 saturated carbocycles. The first-order valence-electron chi connectivity index (χ1n) is 8.99. The van der Waals surface area contributed by atoms with Crippen molar-refractivity contribution in [1.29, 1.82) is 0 Å². The fourth-order valence-corrected chi connectivity index (χ4v) is 5.61. The Labute approximate surface area is 176 Å². The fourth-order valence-electron chi connectivity index (χ4n) is 3.82. The van der Waals surface area contributed by atoms with Gasteiger partial charge in [0.15, 0.2) is 0 Å². The molecule has 2 saturated heterocycles. The Balaban J connectivity index is 1.41. The minimum absolute atomic E-state index is 0.0331. The van der Waals surface area contributed by atoms with Crippen LogP contribution in [0.1, 0.15) is 13.8 Å². The molecule has 2 aromatic rings. The molecular weight excluding hydrogens is 416 g/mol. The molecule has 0 aliphatic carbocycles. The largest absolute Gasteiger partial charge is 0.480 e. The Morgan fingerprint density at radius 2 is 2.10 bits per heavy atom. The molecule has 8 nitrogen and oxygen atoms in total. The van der Waals surface area contributed by atoms with Gasteiger partial charge in [-0.05, 0) is 38.1 Å². The minimum atomic E-state index is -1.03. The summed E-state index contributed by atoms with van der Waals surface area (Å²) in [4.78, 5) is 42.0. The Hall–Kier alpha value is -2.52. The number of halogens is 1. The first kappa shape index (κ1) is 19.8. The second-order valence-electron chi connectivity index (χ2n) is 7.52. The van der Waals surface area contributed by atoms with E-state index in [-0.39, 0.29) is 23.7 Å². The summed E-state index contributed by atoms with van der Waals surface area (Å²) in [5, 5.41) is 16.3. The van der Waals surface area contributed by atoms with Crippen molar-refractivity contribution in [3.8, 4) is 0 Å². The van der Waals surface area contributed by atoms with Crippen molar-refractivity contribution in [1.82, 2.24) is 15.2 Å². The molecule has 3 N–H and O–H groups in total. The molecule has 10 heteroatoms. The third-order valence-electron chi connectivity index (χ3n) is 5.14. The summed E-state index contributed by atoms with van der Waals surface area (Å²) in [6, 6.07) is 5.45. The number of carbonyl (C=O) groups is 3. The van der Waals surface area contributed by atoms with Crippen LogP contribution in [0.3, 0.4) is 0 Å². The first-order chi connectivity index (χ1) is 13.7. The topological polar surface area (TPSA) is 112 Å². The maximum atomic E-state index is 12.5. The molecule has 4 rings (SSSR count). The zero-order valence-corrected chi connectivity index (χ0v) is 17.3. The number of anilines is 1. The number of benzene rings is 1. The molecular formula is C19H19ClN4O4S. The van der Waals surface area contributed by atoms with Crippen LogP contribution in [-0.4, -0.2) is 61.5 Å². The molecule has 2 amide bonds. The molecule has 0 spiro atoms. The quantitative estimate of drug-likeness (QED) is 0.616. The molecule has 0 radical (unpaired) electrons. The summed E-state index contributed by atoms with van der Waals surface area (Å²) in [6.45, 7) is 3.56. The molecule has 0 bridgehead atoms. The lowest BCUT2D eigenvalue weighted by Gasteiger charge is -2.43. The van der Waals surface area contributed by atoms with Gasteiger partial charge in [0.2, 0.25) is 11.8 Å². The molecule has 1 aromatic heterocycles. The van der Waals surface area contributed by atoms with E-state index in [1.807, 2.05) is 6.07 Å². The Morgan fingerprint density at radius 3 is 2.83 bits per heavy atom. The molecule has 2 aliphatic rings. The van der Waals surface area contributed by atoms with Gasteiger partial charge < -0.3 is 20.6 Å². The van der Waals surface area contributed by atoms with Crippen molar-refractivity contribution in [3.63, 3.8) is 0 Å². The zero-order chi connectivity index (χ0) is 20.9. The number of fused-ring (bicyclic) bond motifs is 2. The lowest BCUT2D eigenvalue weighted by atomic mass is 9.96. The number of carboxylic acid groups (broad SMARTS) is 1. The van der Waals surface area contributed by atoms with Gasteiger partial charge in [0.25, 0.3) is 0 Å². The molecule has 0 unspecified atom stereocenters. The summed E-state index contributed by atoms with van der Waals surface area (Å²) < 4.78 is -0.624. The number of carbonyl (C=O) groups excluding carboxylic acids is 2. The van der Waals surface area contributed by atoms with Crippen LogP contribution in [-0.2, 0) is 14.4 Å².